The van der Waals surface area contributed by atoms with E-state index in [1.165, 1.54) is 23.5 Å². The summed E-state index contributed by atoms with van der Waals surface area (Å²) in [5.74, 6) is -0.309. The maximum atomic E-state index is 12.4. The molecule has 1 aliphatic heterocycles. The van der Waals surface area contributed by atoms with Gasteiger partial charge in [-0.05, 0) is 18.6 Å². The number of aryl methyl sites for hydroxylation is 1. The van der Waals surface area contributed by atoms with Gasteiger partial charge in [0.2, 0.25) is 16.9 Å². The minimum atomic E-state index is -0.426. The summed E-state index contributed by atoms with van der Waals surface area (Å²) < 4.78 is 0. The van der Waals surface area contributed by atoms with Crippen molar-refractivity contribution < 1.29 is 14.5 Å². The summed E-state index contributed by atoms with van der Waals surface area (Å²) in [6.07, 6.45) is 1.00. The van der Waals surface area contributed by atoms with Crippen LogP contribution in [0, 0.1) is 10.1 Å². The minimum Gasteiger partial charge on any atom is -0.368 e. The number of aromatic nitrogens is 2. The Labute approximate surface area is 171 Å². The highest BCUT2D eigenvalue weighted by Gasteiger charge is 2.22. The van der Waals surface area contributed by atoms with Gasteiger partial charge >= 0.3 is 0 Å². The quantitative estimate of drug-likeness (QED) is 0.539. The van der Waals surface area contributed by atoms with Gasteiger partial charge in [-0.3, -0.25) is 19.7 Å². The van der Waals surface area contributed by atoms with E-state index in [0.29, 0.717) is 31.3 Å². The van der Waals surface area contributed by atoms with Crippen LogP contribution < -0.4 is 10.2 Å². The van der Waals surface area contributed by atoms with E-state index < -0.39 is 4.92 Å². The molecular weight excluding hydrogens is 396 g/mol. The van der Waals surface area contributed by atoms with Crippen LogP contribution in [-0.4, -0.2) is 58.0 Å². The zero-order valence-electron chi connectivity index (χ0n) is 16.0. The van der Waals surface area contributed by atoms with Crippen LogP contribution in [0.25, 0.3) is 0 Å². The van der Waals surface area contributed by atoms with Crippen molar-refractivity contribution in [2.24, 2.45) is 0 Å². The average Bonchev–Trinajstić information content (AvgIpc) is 3.19. The Morgan fingerprint density at radius 3 is 2.41 bits per heavy atom. The van der Waals surface area contributed by atoms with Gasteiger partial charge in [0.25, 0.3) is 5.69 Å². The SMILES string of the molecule is CCc1nnc(NC(=O)CCC(=O)N2CCN(c3ccc([N+](=O)[O-])cc3)CC2)s1. The lowest BCUT2D eigenvalue weighted by Gasteiger charge is -2.36. The third-order valence-electron chi connectivity index (χ3n) is 4.64. The third-order valence-corrected chi connectivity index (χ3v) is 5.62. The fourth-order valence-corrected chi connectivity index (χ4v) is 3.70. The van der Waals surface area contributed by atoms with Gasteiger partial charge in [-0.25, -0.2) is 0 Å². The predicted molar refractivity (Wildman–Crippen MR) is 109 cm³/mol. The Morgan fingerprint density at radius 1 is 1.14 bits per heavy atom. The molecule has 2 amide bonds. The smallest absolute Gasteiger partial charge is 0.269 e. The van der Waals surface area contributed by atoms with Crippen molar-refractivity contribution in [3.8, 4) is 0 Å². The molecule has 1 N–H and O–H groups in total. The number of hydrogen-bond donors (Lipinski definition) is 1. The molecular formula is C18H22N6O4S. The van der Waals surface area contributed by atoms with Crippen LogP contribution in [0.1, 0.15) is 24.8 Å². The number of non-ortho nitro benzene ring substituents is 1. The number of benzene rings is 1. The van der Waals surface area contributed by atoms with E-state index in [-0.39, 0.29) is 30.3 Å². The number of carbonyl (C=O) groups excluding carboxylic acids is 2. The summed E-state index contributed by atoms with van der Waals surface area (Å²) in [6.45, 7) is 4.34. The van der Waals surface area contributed by atoms with Gasteiger partial charge in [0.05, 0.1) is 4.92 Å². The molecule has 1 aromatic heterocycles. The first-order valence-electron chi connectivity index (χ1n) is 9.35. The fourth-order valence-electron chi connectivity index (χ4n) is 3.01. The number of piperazine rings is 1. The molecule has 1 aliphatic rings. The number of carbonyl (C=O) groups is 2. The normalized spacial score (nSPS) is 14.0. The summed E-state index contributed by atoms with van der Waals surface area (Å²) in [7, 11) is 0. The molecule has 0 atom stereocenters. The second kappa shape index (κ2) is 9.41. The molecule has 0 saturated carbocycles. The highest BCUT2D eigenvalue weighted by Crippen LogP contribution is 2.21. The maximum absolute atomic E-state index is 12.4. The first-order valence-corrected chi connectivity index (χ1v) is 10.2. The summed E-state index contributed by atoms with van der Waals surface area (Å²) in [5.41, 5.74) is 0.950. The Bertz CT molecular complexity index is 877. The Balaban J connectivity index is 1.42. The van der Waals surface area contributed by atoms with Crippen molar-refractivity contribution in [1.82, 2.24) is 15.1 Å². The lowest BCUT2D eigenvalue weighted by atomic mass is 10.2. The van der Waals surface area contributed by atoms with Crippen LogP contribution in [-0.2, 0) is 16.0 Å². The molecule has 3 rings (SSSR count). The first-order chi connectivity index (χ1) is 14.0. The van der Waals surface area contributed by atoms with E-state index in [1.807, 2.05) is 6.92 Å². The molecule has 0 spiro atoms. The maximum Gasteiger partial charge on any atom is 0.269 e. The first kappa shape index (κ1) is 20.6. The molecule has 1 aromatic carbocycles. The number of amides is 2. The monoisotopic (exact) mass is 418 g/mol. The molecule has 1 saturated heterocycles. The Morgan fingerprint density at radius 2 is 1.83 bits per heavy atom. The number of nitrogens with zero attached hydrogens (tertiary/aromatic N) is 5. The minimum absolute atomic E-state index is 0.0558. The van der Waals surface area contributed by atoms with Crippen molar-refractivity contribution >= 4 is 39.7 Å². The van der Waals surface area contributed by atoms with Crippen molar-refractivity contribution in [3.05, 3.63) is 39.4 Å². The molecule has 29 heavy (non-hydrogen) atoms. The van der Waals surface area contributed by atoms with Crippen molar-refractivity contribution in [3.63, 3.8) is 0 Å². The molecule has 2 aromatic rings. The van der Waals surface area contributed by atoms with Gasteiger partial charge in [-0.15, -0.1) is 10.2 Å². The molecule has 0 aliphatic carbocycles. The Kier molecular flexibility index (Phi) is 6.70. The van der Waals surface area contributed by atoms with Crippen LogP contribution >= 0.6 is 11.3 Å². The number of hydrogen-bond acceptors (Lipinski definition) is 8. The van der Waals surface area contributed by atoms with Crippen LogP contribution in [0.4, 0.5) is 16.5 Å². The number of nitro groups is 1. The molecule has 1 fully saturated rings. The standard InChI is InChI=1S/C18H22N6O4S/c1-2-16-20-21-18(29-16)19-15(25)7-8-17(26)23-11-9-22(10-12-23)13-3-5-14(6-4-13)24(27)28/h3-6H,2,7-12H2,1H3,(H,19,21,25). The number of nitro benzene ring substituents is 1. The van der Waals surface area contributed by atoms with Crippen LogP contribution in [0.2, 0.25) is 0 Å². The van der Waals surface area contributed by atoms with E-state index in [4.69, 9.17) is 0 Å². The van der Waals surface area contributed by atoms with E-state index in [2.05, 4.69) is 20.4 Å². The summed E-state index contributed by atoms with van der Waals surface area (Å²) >= 11 is 1.33. The van der Waals surface area contributed by atoms with Gasteiger partial charge in [0.1, 0.15) is 5.01 Å². The predicted octanol–water partition coefficient (Wildman–Crippen LogP) is 2.08. The van der Waals surface area contributed by atoms with E-state index in [1.54, 1.807) is 17.0 Å². The van der Waals surface area contributed by atoms with Crippen LogP contribution in [0.3, 0.4) is 0 Å². The highest BCUT2D eigenvalue weighted by molar-refractivity contribution is 7.15. The van der Waals surface area contributed by atoms with Crippen LogP contribution in [0.5, 0.6) is 0 Å². The lowest BCUT2D eigenvalue weighted by Crippen LogP contribution is -2.48. The van der Waals surface area contributed by atoms with E-state index >= 15 is 0 Å². The van der Waals surface area contributed by atoms with E-state index in [9.17, 15) is 19.7 Å². The van der Waals surface area contributed by atoms with Gasteiger partial charge in [-0.2, -0.15) is 0 Å². The average molecular weight is 418 g/mol. The highest BCUT2D eigenvalue weighted by atomic mass is 32.1. The molecule has 154 valence electrons. The summed E-state index contributed by atoms with van der Waals surface area (Å²) in [6, 6.07) is 6.40. The second-order valence-electron chi connectivity index (χ2n) is 6.54. The third kappa shape index (κ3) is 5.47. The Hall–Kier alpha value is -3.08. The van der Waals surface area contributed by atoms with Gasteiger partial charge in [0.15, 0.2) is 0 Å². The molecule has 0 unspecified atom stereocenters. The summed E-state index contributed by atoms with van der Waals surface area (Å²) in [4.78, 5) is 38.6. The second-order valence-corrected chi connectivity index (χ2v) is 7.61. The number of rotatable bonds is 7. The van der Waals surface area contributed by atoms with Crippen molar-refractivity contribution in [2.45, 2.75) is 26.2 Å². The summed E-state index contributed by atoms with van der Waals surface area (Å²) in [5, 5.41) is 22.6. The lowest BCUT2D eigenvalue weighted by molar-refractivity contribution is -0.384. The van der Waals surface area contributed by atoms with Gasteiger partial charge in [0, 0.05) is 56.8 Å². The van der Waals surface area contributed by atoms with Gasteiger partial charge < -0.3 is 15.1 Å². The van der Waals surface area contributed by atoms with Crippen molar-refractivity contribution in [2.75, 3.05) is 36.4 Å². The molecule has 0 radical (unpaired) electrons. The topological polar surface area (TPSA) is 122 Å². The number of anilines is 2. The van der Waals surface area contributed by atoms with Crippen LogP contribution in [0.15, 0.2) is 24.3 Å². The molecule has 11 heteroatoms. The zero-order chi connectivity index (χ0) is 20.8. The molecule has 0 bridgehead atoms. The van der Waals surface area contributed by atoms with Gasteiger partial charge in [-0.1, -0.05) is 18.3 Å². The molecule has 2 heterocycles. The fraction of sp³-hybridized carbons (Fsp3) is 0.444. The molecule has 10 nitrogen and oxygen atoms in total. The van der Waals surface area contributed by atoms with E-state index in [0.717, 1.165) is 17.1 Å². The zero-order valence-corrected chi connectivity index (χ0v) is 16.9. The number of nitrogens with one attached hydrogen (secondary N) is 1. The largest absolute Gasteiger partial charge is 0.368 e. The van der Waals surface area contributed by atoms with Crippen molar-refractivity contribution in [1.29, 1.82) is 0 Å².